The van der Waals surface area contributed by atoms with E-state index in [1.54, 1.807) is 7.11 Å². The summed E-state index contributed by atoms with van der Waals surface area (Å²) in [6.07, 6.45) is 5.13. The molecule has 0 rings (SSSR count). The molecule has 0 unspecified atom stereocenters. The maximum Gasteiger partial charge on any atom is 0.0462 e. The number of unbranched alkanes of at least 4 members (excludes halogenated alkanes) is 3. The molecule has 64 valence electrons. The Morgan fingerprint density at radius 2 is 1.90 bits per heavy atom. The molecule has 0 aliphatic rings. The van der Waals surface area contributed by atoms with Gasteiger partial charge in [-0.1, -0.05) is 12.8 Å². The summed E-state index contributed by atoms with van der Waals surface area (Å²) in [5, 5.41) is 3.13. The van der Waals surface area contributed by atoms with Crippen LogP contribution in [0.4, 0.5) is 0 Å². The first kappa shape index (κ1) is 9.92. The van der Waals surface area contributed by atoms with Crippen LogP contribution in [0.5, 0.6) is 0 Å². The molecule has 0 amide bonds. The average Bonchev–Trinajstić information content (AvgIpc) is 1.97. The van der Waals surface area contributed by atoms with Crippen molar-refractivity contribution in [2.45, 2.75) is 25.7 Å². The summed E-state index contributed by atoms with van der Waals surface area (Å²) in [6.45, 7) is 2.06. The molecule has 0 aromatic carbocycles. The molecule has 0 saturated heterocycles. The van der Waals surface area contributed by atoms with Gasteiger partial charge in [0.1, 0.15) is 0 Å². The fourth-order valence-corrected chi connectivity index (χ4v) is 0.902. The van der Waals surface area contributed by atoms with Gasteiger partial charge in [0.15, 0.2) is 0 Å². The summed E-state index contributed by atoms with van der Waals surface area (Å²) in [5.74, 6) is 0. The summed E-state index contributed by atoms with van der Waals surface area (Å²) in [6, 6.07) is 0. The van der Waals surface area contributed by atoms with Crippen LogP contribution in [0, 0.1) is 0 Å². The molecule has 0 aromatic heterocycles. The topological polar surface area (TPSA) is 21.3 Å². The van der Waals surface area contributed by atoms with Gasteiger partial charge in [-0.25, -0.2) is 0 Å². The number of nitrogens with one attached hydrogen (secondary N) is 1. The molecule has 0 fully saturated rings. The minimum Gasteiger partial charge on any atom is -0.385 e. The highest BCUT2D eigenvalue weighted by Crippen LogP contribution is 1.97. The lowest BCUT2D eigenvalue weighted by Crippen LogP contribution is -2.07. The quantitative estimate of drug-likeness (QED) is 0.553. The Labute approximate surface area is 65.4 Å². The van der Waals surface area contributed by atoms with E-state index in [1.165, 1.54) is 25.7 Å². The zero-order chi connectivity index (χ0) is 7.66. The monoisotopic (exact) mass is 147 g/mol. The Bertz CT molecular complexity index is 54.1. The second kappa shape index (κ2) is 8.92. The first-order chi connectivity index (χ1) is 4.91. The van der Waals surface area contributed by atoms with Gasteiger partial charge in [0.05, 0.1) is 0 Å². The van der Waals surface area contributed by atoms with Crippen molar-refractivity contribution >= 4 is 0 Å². The van der Waals surface area contributed by atoms with Crippen molar-refractivity contribution in [3.63, 3.8) is 0 Å². The van der Waals surface area contributed by atoms with E-state index in [9.17, 15) is 0 Å². The van der Waals surface area contributed by atoms with E-state index in [0.717, 1.165) is 13.2 Å². The van der Waals surface area contributed by atoms with Gasteiger partial charge in [-0.05, 0) is 26.4 Å². The van der Waals surface area contributed by atoms with Gasteiger partial charge in [0.2, 0.25) is 0 Å². The fourth-order valence-electron chi connectivity index (χ4n) is 0.902. The van der Waals surface area contributed by atoms with Gasteiger partial charge < -0.3 is 10.1 Å². The van der Waals surface area contributed by atoms with Crippen molar-refractivity contribution in [2.75, 3.05) is 27.3 Å². The molecule has 2 heteroatoms. The first-order valence-corrected chi connectivity index (χ1v) is 4.05. The van der Waals surface area contributed by atoms with E-state index >= 15 is 0 Å². The molecule has 0 bridgehead atoms. The zero-order valence-electron chi connectivity index (χ0n) is 7.15. The molecule has 0 spiro atoms. The van der Waals surface area contributed by atoms with Crippen molar-refractivity contribution in [1.29, 1.82) is 0 Å². The lowest BCUT2D eigenvalue weighted by Gasteiger charge is -1.99. The second-order valence-electron chi connectivity index (χ2n) is 2.51. The van der Waals surface area contributed by atoms with Crippen LogP contribution in [0.15, 0.2) is 0 Å². The van der Waals surface area contributed by atoms with E-state index in [1.807, 2.05) is 7.05 Å². The van der Waals surface area contributed by atoms with Crippen LogP contribution >= 0.6 is 0 Å². The van der Waals surface area contributed by atoms with Gasteiger partial charge >= 0.3 is 0 Å². The van der Waals surface area contributed by atoms with Crippen molar-refractivity contribution in [2.24, 2.45) is 0 Å². The molecule has 0 aromatic rings. The van der Waals surface area contributed by atoms with Crippen LogP contribution in [0.25, 0.3) is 0 Å². The Morgan fingerprint density at radius 1 is 1.20 bits per heavy atom. The van der Waals surface area contributed by atoms with Crippen molar-refractivity contribution in [3.8, 4) is 0 Å². The Balaban J connectivity index is 0. The van der Waals surface area contributed by atoms with E-state index in [0.29, 0.717) is 0 Å². The maximum absolute atomic E-state index is 4.93. The van der Waals surface area contributed by atoms with Crippen LogP contribution in [0.2, 0.25) is 0 Å². The van der Waals surface area contributed by atoms with Crippen molar-refractivity contribution in [3.05, 3.63) is 0 Å². The molecule has 0 heterocycles. The Hall–Kier alpha value is -0.0800. The third kappa shape index (κ3) is 7.92. The normalized spacial score (nSPS) is 10.2. The molecule has 0 atom stereocenters. The number of rotatable bonds is 7. The van der Waals surface area contributed by atoms with Gasteiger partial charge in [-0.3, -0.25) is 0 Å². The summed E-state index contributed by atoms with van der Waals surface area (Å²) >= 11 is 0. The Kier molecular flexibility index (Phi) is 8.85. The molecule has 10 heavy (non-hydrogen) atoms. The van der Waals surface area contributed by atoms with Gasteiger partial charge in [-0.2, -0.15) is 0 Å². The van der Waals surface area contributed by atoms with E-state index in [4.69, 9.17) is 4.74 Å². The predicted octanol–water partition coefficient (Wildman–Crippen LogP) is 1.66. The highest BCUT2D eigenvalue weighted by atomic mass is 16.5. The van der Waals surface area contributed by atoms with Crippen LogP contribution in [-0.2, 0) is 4.74 Å². The molecule has 2 nitrogen and oxygen atoms in total. The largest absolute Gasteiger partial charge is 0.385 e. The SMILES string of the molecule is CNCCCCCCOC.[HH]. The summed E-state index contributed by atoms with van der Waals surface area (Å²) in [7, 11) is 3.75. The predicted molar refractivity (Wildman–Crippen MR) is 46.4 cm³/mol. The fraction of sp³-hybridized carbons (Fsp3) is 1.00. The number of hydrogen-bond acceptors (Lipinski definition) is 2. The molecule has 0 radical (unpaired) electrons. The average molecular weight is 147 g/mol. The third-order valence-corrected chi connectivity index (χ3v) is 1.53. The second-order valence-corrected chi connectivity index (χ2v) is 2.51. The smallest absolute Gasteiger partial charge is 0.0462 e. The van der Waals surface area contributed by atoms with Gasteiger partial charge in [0, 0.05) is 15.1 Å². The van der Waals surface area contributed by atoms with Crippen LogP contribution in [0.3, 0.4) is 0 Å². The highest BCUT2D eigenvalue weighted by Gasteiger charge is 1.87. The lowest BCUT2D eigenvalue weighted by molar-refractivity contribution is 0.192. The number of methoxy groups -OCH3 is 1. The molecule has 0 saturated carbocycles. The highest BCUT2D eigenvalue weighted by molar-refractivity contribution is 4.44. The Morgan fingerprint density at radius 3 is 2.50 bits per heavy atom. The van der Waals surface area contributed by atoms with Crippen LogP contribution in [0.1, 0.15) is 27.1 Å². The zero-order valence-corrected chi connectivity index (χ0v) is 7.15. The number of hydrogen-bond donors (Lipinski definition) is 1. The number of ether oxygens (including phenoxy) is 1. The van der Waals surface area contributed by atoms with E-state index in [-0.39, 0.29) is 1.43 Å². The molecular formula is C8H21NO. The first-order valence-electron chi connectivity index (χ1n) is 4.05. The van der Waals surface area contributed by atoms with E-state index < -0.39 is 0 Å². The summed E-state index contributed by atoms with van der Waals surface area (Å²) in [4.78, 5) is 0. The van der Waals surface area contributed by atoms with Crippen LogP contribution < -0.4 is 5.32 Å². The van der Waals surface area contributed by atoms with Gasteiger partial charge in [-0.15, -0.1) is 0 Å². The summed E-state index contributed by atoms with van der Waals surface area (Å²) < 4.78 is 4.93. The van der Waals surface area contributed by atoms with Crippen LogP contribution in [-0.4, -0.2) is 27.3 Å². The molecule has 1 N–H and O–H groups in total. The molecule has 0 aliphatic heterocycles. The van der Waals surface area contributed by atoms with Crippen molar-refractivity contribution in [1.82, 2.24) is 5.32 Å². The lowest BCUT2D eigenvalue weighted by atomic mass is 10.2. The van der Waals surface area contributed by atoms with Gasteiger partial charge in [0.25, 0.3) is 0 Å². The minimum atomic E-state index is 0. The minimum absolute atomic E-state index is 0. The summed E-state index contributed by atoms with van der Waals surface area (Å²) in [5.41, 5.74) is 0. The van der Waals surface area contributed by atoms with Crippen molar-refractivity contribution < 1.29 is 6.16 Å². The molecule has 0 aliphatic carbocycles. The maximum atomic E-state index is 4.93. The van der Waals surface area contributed by atoms with E-state index in [2.05, 4.69) is 5.32 Å². The third-order valence-electron chi connectivity index (χ3n) is 1.53. The molecular weight excluding hydrogens is 126 g/mol. The standard InChI is InChI=1S/C8H19NO.H2/c1-9-7-5-3-4-6-8-10-2;/h9H,3-8H2,1-2H3;1H.